The fraction of sp³-hybridized carbons (Fsp3) is 0.269. The lowest BCUT2D eigenvalue weighted by Crippen LogP contribution is -2.21. The van der Waals surface area contributed by atoms with Crippen molar-refractivity contribution < 1.29 is 19.0 Å². The van der Waals surface area contributed by atoms with Gasteiger partial charge in [0.1, 0.15) is 5.75 Å². The molecule has 0 radical (unpaired) electrons. The number of carbonyl (C=O) groups is 1. The van der Waals surface area contributed by atoms with Gasteiger partial charge >= 0.3 is 0 Å². The number of hydrogen-bond acceptors (Lipinski definition) is 5. The normalized spacial score (nSPS) is 10.4. The Balaban J connectivity index is 1.60. The van der Waals surface area contributed by atoms with Crippen LogP contribution in [-0.4, -0.2) is 26.2 Å². The quantitative estimate of drug-likeness (QED) is 0.451. The van der Waals surface area contributed by atoms with E-state index in [4.69, 9.17) is 14.2 Å². The smallest absolute Gasteiger partial charge is 0.262 e. The zero-order valence-electron chi connectivity index (χ0n) is 19.0. The zero-order valence-corrected chi connectivity index (χ0v) is 19.0. The van der Waals surface area contributed by atoms with E-state index in [0.29, 0.717) is 24.7 Å². The number of carbonyl (C=O) groups excluding carboxylic acids is 1. The molecule has 1 amide bonds. The molecule has 0 aliphatic carbocycles. The van der Waals surface area contributed by atoms with E-state index in [0.717, 1.165) is 33.8 Å². The second kappa shape index (κ2) is 11.1. The Kier molecular flexibility index (Phi) is 7.97. The molecule has 32 heavy (non-hydrogen) atoms. The molecule has 0 saturated heterocycles. The van der Waals surface area contributed by atoms with Gasteiger partial charge in [0.15, 0.2) is 18.1 Å². The van der Waals surface area contributed by atoms with Crippen LogP contribution in [-0.2, 0) is 11.3 Å². The van der Waals surface area contributed by atoms with Crippen molar-refractivity contribution in [1.29, 1.82) is 0 Å². The first kappa shape index (κ1) is 23.0. The van der Waals surface area contributed by atoms with Gasteiger partial charge in [-0.25, -0.2) is 0 Å². The van der Waals surface area contributed by atoms with Crippen LogP contribution in [0.25, 0.3) is 0 Å². The van der Waals surface area contributed by atoms with Crippen LogP contribution < -0.4 is 24.8 Å². The summed E-state index contributed by atoms with van der Waals surface area (Å²) in [4.78, 5) is 12.4. The summed E-state index contributed by atoms with van der Waals surface area (Å²) in [6, 6.07) is 19.3. The highest BCUT2D eigenvalue weighted by Crippen LogP contribution is 2.29. The SMILES string of the molecule is CCOc1cc(CNc2ccc(OC)cc2)ccc1OCC(=O)Nc1cccc(C)c1C. The van der Waals surface area contributed by atoms with Crippen molar-refractivity contribution in [2.45, 2.75) is 27.3 Å². The third-order valence-electron chi connectivity index (χ3n) is 5.13. The average Bonchev–Trinajstić information content (AvgIpc) is 2.80. The minimum Gasteiger partial charge on any atom is -0.497 e. The first-order chi connectivity index (χ1) is 15.5. The van der Waals surface area contributed by atoms with Crippen LogP contribution in [0.2, 0.25) is 0 Å². The fourth-order valence-electron chi connectivity index (χ4n) is 3.18. The molecule has 0 unspecified atom stereocenters. The third-order valence-corrected chi connectivity index (χ3v) is 5.13. The number of methoxy groups -OCH3 is 1. The number of anilines is 2. The van der Waals surface area contributed by atoms with Gasteiger partial charge in [-0.15, -0.1) is 0 Å². The molecule has 6 nitrogen and oxygen atoms in total. The molecule has 6 heteroatoms. The summed E-state index contributed by atoms with van der Waals surface area (Å²) in [5.41, 5.74) is 5.00. The molecule has 2 N–H and O–H groups in total. The number of ether oxygens (including phenoxy) is 3. The number of nitrogens with one attached hydrogen (secondary N) is 2. The van der Waals surface area contributed by atoms with Gasteiger partial charge in [0.25, 0.3) is 5.91 Å². The Morgan fingerprint density at radius 1 is 0.938 bits per heavy atom. The molecule has 0 aliphatic heterocycles. The Morgan fingerprint density at radius 3 is 2.44 bits per heavy atom. The van der Waals surface area contributed by atoms with Crippen molar-refractivity contribution in [3.8, 4) is 17.2 Å². The van der Waals surface area contributed by atoms with Gasteiger partial charge in [-0.2, -0.15) is 0 Å². The minimum absolute atomic E-state index is 0.100. The van der Waals surface area contributed by atoms with Crippen LogP contribution >= 0.6 is 0 Å². The highest BCUT2D eigenvalue weighted by Gasteiger charge is 2.11. The van der Waals surface area contributed by atoms with E-state index >= 15 is 0 Å². The molecule has 0 bridgehead atoms. The maximum absolute atomic E-state index is 12.4. The zero-order chi connectivity index (χ0) is 22.9. The van der Waals surface area contributed by atoms with Crippen molar-refractivity contribution in [3.63, 3.8) is 0 Å². The number of hydrogen-bond donors (Lipinski definition) is 2. The largest absolute Gasteiger partial charge is 0.497 e. The molecular formula is C26H30N2O4. The third kappa shape index (κ3) is 6.17. The topological polar surface area (TPSA) is 68.8 Å². The van der Waals surface area contributed by atoms with Gasteiger partial charge in [0, 0.05) is 17.9 Å². The predicted molar refractivity (Wildman–Crippen MR) is 128 cm³/mol. The van der Waals surface area contributed by atoms with E-state index in [1.165, 1.54) is 0 Å². The summed E-state index contributed by atoms with van der Waals surface area (Å²) in [7, 11) is 1.65. The monoisotopic (exact) mass is 434 g/mol. The summed E-state index contributed by atoms with van der Waals surface area (Å²) in [6.07, 6.45) is 0. The second-order valence-corrected chi connectivity index (χ2v) is 7.38. The molecule has 0 heterocycles. The Bertz CT molecular complexity index is 1050. The molecule has 168 valence electrons. The molecule has 0 spiro atoms. The van der Waals surface area contributed by atoms with E-state index in [9.17, 15) is 4.79 Å². The predicted octanol–water partition coefficient (Wildman–Crippen LogP) is 5.34. The van der Waals surface area contributed by atoms with Gasteiger partial charge in [-0.05, 0) is 79.9 Å². The van der Waals surface area contributed by atoms with Gasteiger partial charge in [-0.1, -0.05) is 18.2 Å². The number of amides is 1. The van der Waals surface area contributed by atoms with E-state index in [1.54, 1.807) is 7.11 Å². The Hall–Kier alpha value is -3.67. The van der Waals surface area contributed by atoms with E-state index in [2.05, 4.69) is 10.6 Å². The van der Waals surface area contributed by atoms with Crippen molar-refractivity contribution in [2.24, 2.45) is 0 Å². The van der Waals surface area contributed by atoms with Gasteiger partial charge < -0.3 is 24.8 Å². The van der Waals surface area contributed by atoms with Crippen LogP contribution in [0.1, 0.15) is 23.6 Å². The van der Waals surface area contributed by atoms with Crippen LogP contribution in [0, 0.1) is 13.8 Å². The van der Waals surface area contributed by atoms with Gasteiger partial charge in [0.2, 0.25) is 0 Å². The highest BCUT2D eigenvalue weighted by atomic mass is 16.5. The van der Waals surface area contributed by atoms with Crippen LogP contribution in [0.15, 0.2) is 60.7 Å². The molecule has 0 atom stereocenters. The summed E-state index contributed by atoms with van der Waals surface area (Å²) in [5.74, 6) is 1.75. The van der Waals surface area contributed by atoms with E-state index in [-0.39, 0.29) is 12.5 Å². The standard InChI is InChI=1S/C26H30N2O4/c1-5-31-25-15-20(16-27-21-10-12-22(30-4)13-11-21)9-14-24(25)32-17-26(29)28-23-8-6-7-18(2)19(23)3/h6-15,27H,5,16-17H2,1-4H3,(H,28,29). The van der Waals surface area contributed by atoms with Crippen molar-refractivity contribution in [3.05, 3.63) is 77.4 Å². The number of aryl methyl sites for hydroxylation is 1. The van der Waals surface area contributed by atoms with Gasteiger partial charge in [0.05, 0.1) is 13.7 Å². The molecule has 0 aliphatic rings. The first-order valence-corrected chi connectivity index (χ1v) is 10.6. The molecule has 3 aromatic carbocycles. The molecule has 3 aromatic rings. The van der Waals surface area contributed by atoms with Crippen molar-refractivity contribution in [2.75, 3.05) is 31.0 Å². The fourth-order valence-corrected chi connectivity index (χ4v) is 3.18. The van der Waals surface area contributed by atoms with E-state index < -0.39 is 0 Å². The average molecular weight is 435 g/mol. The summed E-state index contributed by atoms with van der Waals surface area (Å²) >= 11 is 0. The highest BCUT2D eigenvalue weighted by molar-refractivity contribution is 5.92. The van der Waals surface area contributed by atoms with Crippen LogP contribution in [0.3, 0.4) is 0 Å². The second-order valence-electron chi connectivity index (χ2n) is 7.38. The summed E-state index contributed by atoms with van der Waals surface area (Å²) < 4.78 is 16.7. The van der Waals surface area contributed by atoms with Gasteiger partial charge in [-0.3, -0.25) is 4.79 Å². The van der Waals surface area contributed by atoms with Crippen molar-refractivity contribution >= 4 is 17.3 Å². The van der Waals surface area contributed by atoms with Crippen molar-refractivity contribution in [1.82, 2.24) is 0 Å². The molecular weight excluding hydrogens is 404 g/mol. The molecule has 0 aromatic heterocycles. The van der Waals surface area contributed by atoms with Crippen LogP contribution in [0.5, 0.6) is 17.2 Å². The maximum Gasteiger partial charge on any atom is 0.262 e. The lowest BCUT2D eigenvalue weighted by atomic mass is 10.1. The minimum atomic E-state index is -0.216. The number of benzene rings is 3. The van der Waals surface area contributed by atoms with E-state index in [1.807, 2.05) is 81.4 Å². The molecule has 0 saturated carbocycles. The maximum atomic E-state index is 12.4. The Labute approximate surface area is 189 Å². The lowest BCUT2D eigenvalue weighted by Gasteiger charge is -2.15. The Morgan fingerprint density at radius 2 is 1.72 bits per heavy atom. The van der Waals surface area contributed by atoms with Crippen LogP contribution in [0.4, 0.5) is 11.4 Å². The molecule has 3 rings (SSSR count). The lowest BCUT2D eigenvalue weighted by molar-refractivity contribution is -0.118. The molecule has 0 fully saturated rings. The number of rotatable bonds is 10. The first-order valence-electron chi connectivity index (χ1n) is 10.6. The summed E-state index contributed by atoms with van der Waals surface area (Å²) in [5, 5.41) is 6.28. The summed E-state index contributed by atoms with van der Waals surface area (Å²) in [6.45, 7) is 6.94.